The van der Waals surface area contributed by atoms with Gasteiger partial charge in [-0.1, -0.05) is 24.3 Å². The molecule has 22 heavy (non-hydrogen) atoms. The molecular formula is C15H10F3N2O2-. The Bertz CT molecular complexity index is 695. The molecule has 2 aromatic carbocycles. The van der Waals surface area contributed by atoms with Gasteiger partial charge in [0, 0.05) is 0 Å². The van der Waals surface area contributed by atoms with Crippen LogP contribution in [0.5, 0.6) is 0 Å². The van der Waals surface area contributed by atoms with Crippen molar-refractivity contribution in [2.45, 2.75) is 6.18 Å². The van der Waals surface area contributed by atoms with Crippen LogP contribution in [0.3, 0.4) is 0 Å². The van der Waals surface area contributed by atoms with E-state index in [1.54, 1.807) is 0 Å². The lowest BCUT2D eigenvalue weighted by Crippen LogP contribution is -2.21. The lowest BCUT2D eigenvalue weighted by Gasteiger charge is -2.06. The monoisotopic (exact) mass is 307 g/mol. The van der Waals surface area contributed by atoms with E-state index in [9.17, 15) is 23.1 Å². The molecule has 0 aliphatic heterocycles. The Morgan fingerprint density at radius 1 is 1.14 bits per heavy atom. The average Bonchev–Trinajstić information content (AvgIpc) is 2.47. The van der Waals surface area contributed by atoms with Gasteiger partial charge in [0.2, 0.25) is 0 Å². The molecular weight excluding hydrogens is 297 g/mol. The summed E-state index contributed by atoms with van der Waals surface area (Å²) >= 11 is 0. The number of halogens is 3. The highest BCUT2D eigenvalue weighted by Gasteiger charge is 2.30. The number of rotatable bonds is 4. The molecule has 0 fully saturated rings. The Morgan fingerprint density at radius 2 is 1.82 bits per heavy atom. The molecule has 4 nitrogen and oxygen atoms in total. The zero-order chi connectivity index (χ0) is 16.2. The van der Waals surface area contributed by atoms with Gasteiger partial charge in [-0.2, -0.15) is 18.3 Å². The van der Waals surface area contributed by atoms with Crippen molar-refractivity contribution in [2.24, 2.45) is 5.10 Å². The van der Waals surface area contributed by atoms with E-state index < -0.39 is 17.7 Å². The van der Waals surface area contributed by atoms with E-state index in [0.717, 1.165) is 12.1 Å². The van der Waals surface area contributed by atoms with Crippen molar-refractivity contribution in [3.05, 3.63) is 65.2 Å². The SMILES string of the molecule is O=C([O-])c1ccc(N/N=C\c2cccc(C(F)(F)F)c2)cc1. The van der Waals surface area contributed by atoms with Crippen molar-refractivity contribution >= 4 is 17.9 Å². The molecule has 0 saturated carbocycles. The van der Waals surface area contributed by atoms with E-state index in [4.69, 9.17) is 0 Å². The number of aromatic carboxylic acids is 1. The summed E-state index contributed by atoms with van der Waals surface area (Å²) in [5, 5.41) is 14.4. The second-order valence-corrected chi connectivity index (χ2v) is 4.36. The summed E-state index contributed by atoms with van der Waals surface area (Å²) in [6.07, 6.45) is -3.17. The van der Waals surface area contributed by atoms with Gasteiger partial charge in [0.05, 0.1) is 23.4 Å². The zero-order valence-corrected chi connectivity index (χ0v) is 11.1. The van der Waals surface area contributed by atoms with Gasteiger partial charge in [-0.15, -0.1) is 0 Å². The molecule has 0 bridgehead atoms. The van der Waals surface area contributed by atoms with E-state index in [1.165, 1.54) is 42.6 Å². The van der Waals surface area contributed by atoms with Gasteiger partial charge in [-0.25, -0.2) is 0 Å². The van der Waals surface area contributed by atoms with Crippen LogP contribution in [-0.4, -0.2) is 12.2 Å². The van der Waals surface area contributed by atoms with Gasteiger partial charge in [0.25, 0.3) is 0 Å². The fourth-order valence-electron chi connectivity index (χ4n) is 1.66. The summed E-state index contributed by atoms with van der Waals surface area (Å²) in [6.45, 7) is 0. The Balaban J connectivity index is 2.05. The summed E-state index contributed by atoms with van der Waals surface area (Å²) in [5.74, 6) is -1.29. The van der Waals surface area contributed by atoms with Crippen LogP contribution in [0.25, 0.3) is 0 Å². The molecule has 2 rings (SSSR count). The van der Waals surface area contributed by atoms with Crippen LogP contribution in [0.2, 0.25) is 0 Å². The van der Waals surface area contributed by atoms with Crippen molar-refractivity contribution in [1.82, 2.24) is 0 Å². The molecule has 0 radical (unpaired) electrons. The molecule has 7 heteroatoms. The molecule has 0 aromatic heterocycles. The second kappa shape index (κ2) is 6.30. The third kappa shape index (κ3) is 4.08. The third-order valence-corrected chi connectivity index (χ3v) is 2.74. The first kappa shape index (κ1) is 15.6. The van der Waals surface area contributed by atoms with E-state index >= 15 is 0 Å². The minimum absolute atomic E-state index is 0.0207. The maximum atomic E-state index is 12.5. The van der Waals surface area contributed by atoms with Crippen LogP contribution < -0.4 is 10.5 Å². The smallest absolute Gasteiger partial charge is 0.416 e. The number of nitrogens with zero attached hydrogens (tertiary/aromatic N) is 1. The van der Waals surface area contributed by atoms with Crippen molar-refractivity contribution in [2.75, 3.05) is 5.43 Å². The van der Waals surface area contributed by atoms with Gasteiger partial charge >= 0.3 is 6.18 Å². The summed E-state index contributed by atoms with van der Waals surface area (Å²) in [7, 11) is 0. The standard InChI is InChI=1S/C15H11F3N2O2/c16-15(17,18)12-3-1-2-10(8-12)9-19-20-13-6-4-11(5-7-13)14(21)22/h1-9,20H,(H,21,22)/p-1/b19-9-. The first-order valence-corrected chi connectivity index (χ1v) is 6.14. The van der Waals surface area contributed by atoms with Crippen LogP contribution in [0, 0.1) is 0 Å². The molecule has 0 atom stereocenters. The summed E-state index contributed by atoms with van der Waals surface area (Å²) in [6, 6.07) is 10.3. The molecule has 1 N–H and O–H groups in total. The van der Waals surface area contributed by atoms with Gasteiger partial charge in [-0.05, 0) is 35.4 Å². The number of anilines is 1. The predicted molar refractivity (Wildman–Crippen MR) is 73.4 cm³/mol. The topological polar surface area (TPSA) is 64.5 Å². The zero-order valence-electron chi connectivity index (χ0n) is 11.1. The fraction of sp³-hybridized carbons (Fsp3) is 0.0667. The van der Waals surface area contributed by atoms with E-state index in [1.807, 2.05) is 0 Å². The quantitative estimate of drug-likeness (QED) is 0.697. The summed E-state index contributed by atoms with van der Waals surface area (Å²) in [5.41, 5.74) is 2.64. The number of hydrazone groups is 1. The Kier molecular flexibility index (Phi) is 4.45. The van der Waals surface area contributed by atoms with Crippen LogP contribution in [0.1, 0.15) is 21.5 Å². The second-order valence-electron chi connectivity index (χ2n) is 4.36. The largest absolute Gasteiger partial charge is 0.545 e. The van der Waals surface area contributed by atoms with E-state index in [-0.39, 0.29) is 11.1 Å². The maximum Gasteiger partial charge on any atom is 0.416 e. The number of nitrogens with one attached hydrogen (secondary N) is 1. The van der Waals surface area contributed by atoms with Crippen LogP contribution in [0.15, 0.2) is 53.6 Å². The number of carbonyl (C=O) groups is 1. The molecule has 0 amide bonds. The molecule has 0 spiro atoms. The Hall–Kier alpha value is -2.83. The fourth-order valence-corrected chi connectivity index (χ4v) is 1.66. The first-order chi connectivity index (χ1) is 10.4. The molecule has 114 valence electrons. The highest BCUT2D eigenvalue weighted by atomic mass is 19.4. The normalized spacial score (nSPS) is 11.6. The summed E-state index contributed by atoms with van der Waals surface area (Å²) in [4.78, 5) is 10.6. The lowest BCUT2D eigenvalue weighted by atomic mass is 10.1. The number of hydrogen-bond acceptors (Lipinski definition) is 4. The van der Waals surface area contributed by atoms with Crippen LogP contribution in [0.4, 0.5) is 18.9 Å². The number of hydrogen-bond donors (Lipinski definition) is 1. The third-order valence-electron chi connectivity index (χ3n) is 2.74. The first-order valence-electron chi connectivity index (χ1n) is 6.14. The number of benzene rings is 2. The Labute approximate surface area is 123 Å². The molecule has 0 aliphatic carbocycles. The summed E-state index contributed by atoms with van der Waals surface area (Å²) < 4.78 is 37.6. The van der Waals surface area contributed by atoms with E-state index in [0.29, 0.717) is 5.69 Å². The number of carboxylic acid groups (broad SMARTS) is 1. The van der Waals surface area contributed by atoms with Gasteiger partial charge in [-0.3, -0.25) is 5.43 Å². The van der Waals surface area contributed by atoms with Crippen molar-refractivity contribution in [3.63, 3.8) is 0 Å². The van der Waals surface area contributed by atoms with Gasteiger partial charge in [0.1, 0.15) is 0 Å². The van der Waals surface area contributed by atoms with Crippen LogP contribution >= 0.6 is 0 Å². The minimum Gasteiger partial charge on any atom is -0.545 e. The number of carboxylic acids is 1. The van der Waals surface area contributed by atoms with E-state index in [2.05, 4.69) is 10.5 Å². The molecule has 0 aliphatic rings. The maximum absolute atomic E-state index is 12.5. The Morgan fingerprint density at radius 3 is 2.41 bits per heavy atom. The minimum atomic E-state index is -4.40. The molecule has 0 saturated heterocycles. The van der Waals surface area contributed by atoms with Crippen molar-refractivity contribution in [1.29, 1.82) is 0 Å². The highest BCUT2D eigenvalue weighted by Crippen LogP contribution is 2.29. The van der Waals surface area contributed by atoms with Gasteiger partial charge in [0.15, 0.2) is 0 Å². The number of carbonyl (C=O) groups excluding carboxylic acids is 1. The lowest BCUT2D eigenvalue weighted by molar-refractivity contribution is -0.255. The molecule has 0 unspecified atom stereocenters. The highest BCUT2D eigenvalue weighted by molar-refractivity contribution is 5.86. The molecule has 0 heterocycles. The van der Waals surface area contributed by atoms with Crippen molar-refractivity contribution < 1.29 is 23.1 Å². The van der Waals surface area contributed by atoms with Crippen molar-refractivity contribution in [3.8, 4) is 0 Å². The van der Waals surface area contributed by atoms with Gasteiger partial charge < -0.3 is 9.90 Å². The average molecular weight is 307 g/mol. The van der Waals surface area contributed by atoms with Crippen LogP contribution in [-0.2, 0) is 6.18 Å². The number of alkyl halides is 3. The predicted octanol–water partition coefficient (Wildman–Crippen LogP) is 2.51. The molecule has 2 aromatic rings.